The van der Waals surface area contributed by atoms with Crippen molar-refractivity contribution in [1.82, 2.24) is 4.98 Å². The van der Waals surface area contributed by atoms with Gasteiger partial charge in [-0.15, -0.1) is 0 Å². The number of carbonyl (C=O) groups excluding carboxylic acids is 1. The second kappa shape index (κ2) is 5.63. The third-order valence-corrected chi connectivity index (χ3v) is 3.21. The van der Waals surface area contributed by atoms with E-state index in [9.17, 15) is 4.79 Å². The van der Waals surface area contributed by atoms with E-state index in [1.807, 2.05) is 61.5 Å². The van der Waals surface area contributed by atoms with Gasteiger partial charge in [0.05, 0.1) is 0 Å². The predicted octanol–water partition coefficient (Wildman–Crippen LogP) is 3.90. The van der Waals surface area contributed by atoms with E-state index in [1.165, 1.54) is 6.39 Å². The number of carbonyl (C=O) groups is 1. The van der Waals surface area contributed by atoms with Crippen LogP contribution in [-0.4, -0.2) is 10.9 Å². The molecule has 104 valence electrons. The molecule has 2 aromatic carbocycles. The van der Waals surface area contributed by atoms with Crippen LogP contribution in [0.5, 0.6) is 0 Å². The van der Waals surface area contributed by atoms with Crippen molar-refractivity contribution in [2.75, 3.05) is 5.32 Å². The minimum atomic E-state index is -0.281. The molecule has 0 aliphatic heterocycles. The van der Waals surface area contributed by atoms with Crippen molar-refractivity contribution in [3.63, 3.8) is 0 Å². The summed E-state index contributed by atoms with van der Waals surface area (Å²) < 4.78 is 5.37. The molecule has 1 heterocycles. The molecule has 0 saturated carbocycles. The number of nitrogens with zero attached hydrogens (tertiary/aromatic N) is 1. The number of hydrogen-bond donors (Lipinski definition) is 1. The van der Waals surface area contributed by atoms with E-state index in [4.69, 9.17) is 4.42 Å². The highest BCUT2D eigenvalue weighted by Crippen LogP contribution is 2.24. The van der Waals surface area contributed by atoms with Crippen LogP contribution in [0.25, 0.3) is 11.3 Å². The zero-order chi connectivity index (χ0) is 14.7. The first-order valence-corrected chi connectivity index (χ1v) is 6.61. The normalized spacial score (nSPS) is 10.3. The summed E-state index contributed by atoms with van der Waals surface area (Å²) in [5.74, 6) is 0.193. The molecule has 3 aromatic rings. The molecule has 0 unspecified atom stereocenters. The van der Waals surface area contributed by atoms with Gasteiger partial charge in [-0.25, -0.2) is 4.98 Å². The number of aryl methyl sites for hydroxylation is 1. The lowest BCUT2D eigenvalue weighted by Gasteiger charge is -2.07. The van der Waals surface area contributed by atoms with Gasteiger partial charge >= 0.3 is 0 Å². The first kappa shape index (κ1) is 13.1. The summed E-state index contributed by atoms with van der Waals surface area (Å²) in [6.07, 6.45) is 1.29. The zero-order valence-corrected chi connectivity index (χ0v) is 11.5. The van der Waals surface area contributed by atoms with Gasteiger partial charge in [0.15, 0.2) is 17.8 Å². The van der Waals surface area contributed by atoms with Crippen LogP contribution < -0.4 is 5.32 Å². The maximum Gasteiger partial charge on any atom is 0.278 e. The van der Waals surface area contributed by atoms with Crippen molar-refractivity contribution in [2.45, 2.75) is 6.92 Å². The fourth-order valence-electron chi connectivity index (χ4n) is 2.10. The lowest BCUT2D eigenvalue weighted by molar-refractivity contribution is 0.102. The van der Waals surface area contributed by atoms with Crippen LogP contribution in [0.3, 0.4) is 0 Å². The molecule has 0 atom stereocenters. The fourth-order valence-corrected chi connectivity index (χ4v) is 2.10. The van der Waals surface area contributed by atoms with Crippen LogP contribution in [0, 0.1) is 6.92 Å². The van der Waals surface area contributed by atoms with Gasteiger partial charge in [-0.1, -0.05) is 48.5 Å². The molecule has 21 heavy (non-hydrogen) atoms. The minimum Gasteiger partial charge on any atom is -0.443 e. The van der Waals surface area contributed by atoms with Crippen LogP contribution >= 0.6 is 0 Å². The molecule has 1 amide bonds. The lowest BCUT2D eigenvalue weighted by Crippen LogP contribution is -2.14. The summed E-state index contributed by atoms with van der Waals surface area (Å²) in [5.41, 5.74) is 2.87. The topological polar surface area (TPSA) is 55.1 Å². The first-order chi connectivity index (χ1) is 10.3. The quantitative estimate of drug-likeness (QED) is 0.790. The minimum absolute atomic E-state index is 0.281. The third-order valence-electron chi connectivity index (χ3n) is 3.21. The average Bonchev–Trinajstić information content (AvgIpc) is 3.00. The van der Waals surface area contributed by atoms with E-state index in [1.54, 1.807) is 0 Å². The average molecular weight is 278 g/mol. The maximum absolute atomic E-state index is 12.4. The van der Waals surface area contributed by atoms with Crippen LogP contribution in [-0.2, 0) is 0 Å². The van der Waals surface area contributed by atoms with Gasteiger partial charge < -0.3 is 9.73 Å². The van der Waals surface area contributed by atoms with Crippen LogP contribution in [0.4, 0.5) is 5.69 Å². The highest BCUT2D eigenvalue weighted by atomic mass is 16.3. The monoisotopic (exact) mass is 278 g/mol. The van der Waals surface area contributed by atoms with Gasteiger partial charge in [-0.3, -0.25) is 4.79 Å². The van der Waals surface area contributed by atoms with Crippen LogP contribution in [0.2, 0.25) is 0 Å². The third kappa shape index (κ3) is 2.69. The molecule has 0 aliphatic carbocycles. The van der Waals surface area contributed by atoms with E-state index in [2.05, 4.69) is 10.3 Å². The molecule has 0 spiro atoms. The standard InChI is InChI=1S/C17H14N2O2/c1-12-7-5-6-10-14(12)19-17(20)15-16(21-11-18-15)13-8-3-2-4-9-13/h2-11H,1H3,(H,19,20). The Kier molecular flexibility index (Phi) is 3.51. The van der Waals surface area contributed by atoms with E-state index in [0.717, 1.165) is 16.8 Å². The summed E-state index contributed by atoms with van der Waals surface area (Å²) in [6, 6.07) is 17.1. The van der Waals surface area contributed by atoms with Gasteiger partial charge in [0.1, 0.15) is 0 Å². The Morgan fingerprint density at radius 2 is 1.76 bits per heavy atom. The second-order valence-corrected chi connectivity index (χ2v) is 4.67. The molecule has 1 N–H and O–H groups in total. The second-order valence-electron chi connectivity index (χ2n) is 4.67. The number of aromatic nitrogens is 1. The SMILES string of the molecule is Cc1ccccc1NC(=O)c1ncoc1-c1ccccc1. The molecule has 0 saturated heterocycles. The fraction of sp³-hybridized carbons (Fsp3) is 0.0588. The van der Waals surface area contributed by atoms with Gasteiger partial charge in [0.25, 0.3) is 5.91 Å². The Bertz CT molecular complexity index is 763. The van der Waals surface area contributed by atoms with E-state index < -0.39 is 0 Å². The zero-order valence-electron chi connectivity index (χ0n) is 11.5. The van der Waals surface area contributed by atoms with Crippen molar-refractivity contribution in [3.8, 4) is 11.3 Å². The van der Waals surface area contributed by atoms with Crippen molar-refractivity contribution in [3.05, 3.63) is 72.2 Å². The summed E-state index contributed by atoms with van der Waals surface area (Å²) in [6.45, 7) is 1.94. The molecule has 3 rings (SSSR count). The Morgan fingerprint density at radius 1 is 1.05 bits per heavy atom. The summed E-state index contributed by atoms with van der Waals surface area (Å²) in [7, 11) is 0. The Morgan fingerprint density at radius 3 is 2.52 bits per heavy atom. The molecule has 4 heteroatoms. The van der Waals surface area contributed by atoms with Crippen LogP contribution in [0.15, 0.2) is 65.4 Å². The highest BCUT2D eigenvalue weighted by Gasteiger charge is 2.18. The van der Waals surface area contributed by atoms with E-state index >= 15 is 0 Å². The largest absolute Gasteiger partial charge is 0.443 e. The summed E-state index contributed by atoms with van der Waals surface area (Å²) in [5, 5.41) is 2.86. The predicted molar refractivity (Wildman–Crippen MR) is 81.1 cm³/mol. The molecule has 0 fully saturated rings. The van der Waals surface area contributed by atoms with Crippen molar-refractivity contribution in [1.29, 1.82) is 0 Å². The van der Waals surface area contributed by atoms with Crippen molar-refractivity contribution < 1.29 is 9.21 Å². The number of hydrogen-bond acceptors (Lipinski definition) is 3. The smallest absolute Gasteiger partial charge is 0.278 e. The van der Waals surface area contributed by atoms with Crippen molar-refractivity contribution >= 4 is 11.6 Å². The van der Waals surface area contributed by atoms with Crippen LogP contribution in [0.1, 0.15) is 16.1 Å². The van der Waals surface area contributed by atoms with Gasteiger partial charge in [0, 0.05) is 11.3 Å². The molecule has 1 aromatic heterocycles. The summed E-state index contributed by atoms with van der Waals surface area (Å²) in [4.78, 5) is 16.4. The Labute approximate surface area is 122 Å². The van der Waals surface area contributed by atoms with Crippen molar-refractivity contribution in [2.24, 2.45) is 0 Å². The number of anilines is 1. The molecule has 0 bridgehead atoms. The number of rotatable bonds is 3. The number of amides is 1. The number of benzene rings is 2. The van der Waals surface area contributed by atoms with Gasteiger partial charge in [0.2, 0.25) is 0 Å². The highest BCUT2D eigenvalue weighted by molar-refractivity contribution is 6.06. The molecule has 0 radical (unpaired) electrons. The Balaban J connectivity index is 1.90. The first-order valence-electron chi connectivity index (χ1n) is 6.61. The Hall–Kier alpha value is -2.88. The number of para-hydroxylation sites is 1. The lowest BCUT2D eigenvalue weighted by atomic mass is 10.1. The molecular formula is C17H14N2O2. The molecule has 0 aliphatic rings. The van der Waals surface area contributed by atoms with E-state index in [0.29, 0.717) is 5.76 Å². The van der Waals surface area contributed by atoms with Gasteiger partial charge in [-0.2, -0.15) is 0 Å². The number of oxazole rings is 1. The maximum atomic E-state index is 12.4. The number of nitrogens with one attached hydrogen (secondary N) is 1. The van der Waals surface area contributed by atoms with Gasteiger partial charge in [-0.05, 0) is 18.6 Å². The molecule has 4 nitrogen and oxygen atoms in total. The summed E-state index contributed by atoms with van der Waals surface area (Å²) >= 11 is 0. The van der Waals surface area contributed by atoms with E-state index in [-0.39, 0.29) is 11.6 Å². The molecular weight excluding hydrogens is 264 g/mol.